The number of nitrogens with zero attached hydrogens (tertiary/aromatic N) is 2. The predicted octanol–water partition coefficient (Wildman–Crippen LogP) is 4.89. The Hall–Kier alpha value is -2.90. The van der Waals surface area contributed by atoms with Gasteiger partial charge in [0.1, 0.15) is 16.5 Å². The molecule has 2 atom stereocenters. The molecule has 0 N–H and O–H groups in total. The summed E-state index contributed by atoms with van der Waals surface area (Å²) < 4.78 is 25.2. The van der Waals surface area contributed by atoms with Crippen molar-refractivity contribution >= 4 is 37.7 Å². The van der Waals surface area contributed by atoms with Gasteiger partial charge in [0, 0.05) is 41.7 Å². The summed E-state index contributed by atoms with van der Waals surface area (Å²) >= 11 is 1.34. The van der Waals surface area contributed by atoms with Crippen molar-refractivity contribution in [2.24, 2.45) is 5.92 Å². The van der Waals surface area contributed by atoms with Crippen LogP contribution in [-0.2, 0) is 26.8 Å². The Bertz CT molecular complexity index is 1400. The molecule has 1 saturated carbocycles. The zero-order chi connectivity index (χ0) is 22.3. The SMILES string of the molecule is Cc1cncc2ccc(CC(=O)[C@@H]3C[C@H]3c3ccc(S(=O)(=O)Cc4nccs4)cc3)cc12. The molecule has 0 radical (unpaired) electrons. The van der Waals surface area contributed by atoms with Crippen LogP contribution in [0.5, 0.6) is 0 Å². The zero-order valence-electron chi connectivity index (χ0n) is 17.6. The van der Waals surface area contributed by atoms with Gasteiger partial charge in [-0.05, 0) is 53.5 Å². The highest BCUT2D eigenvalue weighted by atomic mass is 32.2. The van der Waals surface area contributed by atoms with Crippen LogP contribution >= 0.6 is 11.3 Å². The van der Waals surface area contributed by atoms with Crippen LogP contribution in [0, 0.1) is 12.8 Å². The van der Waals surface area contributed by atoms with Gasteiger partial charge in [0.15, 0.2) is 9.84 Å². The van der Waals surface area contributed by atoms with Gasteiger partial charge < -0.3 is 0 Å². The van der Waals surface area contributed by atoms with Crippen LogP contribution in [0.2, 0.25) is 0 Å². The van der Waals surface area contributed by atoms with Crippen molar-refractivity contribution in [2.75, 3.05) is 0 Å². The van der Waals surface area contributed by atoms with E-state index in [4.69, 9.17) is 0 Å². The van der Waals surface area contributed by atoms with E-state index < -0.39 is 9.84 Å². The number of thiazole rings is 1. The maximum Gasteiger partial charge on any atom is 0.184 e. The second kappa shape index (κ2) is 8.22. The lowest BCUT2D eigenvalue weighted by molar-refractivity contribution is -0.119. The number of fused-ring (bicyclic) bond motifs is 1. The molecule has 2 aromatic carbocycles. The van der Waals surface area contributed by atoms with Gasteiger partial charge in [-0.2, -0.15) is 0 Å². The van der Waals surface area contributed by atoms with Crippen LogP contribution in [0.15, 0.2) is 71.3 Å². The maximum absolute atomic E-state index is 12.9. The molecule has 0 bridgehead atoms. The Morgan fingerprint density at radius 2 is 1.94 bits per heavy atom. The molecule has 0 spiro atoms. The Morgan fingerprint density at radius 3 is 2.69 bits per heavy atom. The number of hydrogen-bond acceptors (Lipinski definition) is 6. The molecule has 2 heterocycles. The molecule has 162 valence electrons. The Kier molecular flexibility index (Phi) is 5.39. The lowest BCUT2D eigenvalue weighted by atomic mass is 9.99. The summed E-state index contributed by atoms with van der Waals surface area (Å²) in [6.45, 7) is 2.03. The second-order valence-corrected chi connectivity index (χ2v) is 11.3. The number of carbonyl (C=O) groups is 1. The molecule has 0 aliphatic heterocycles. The average molecular weight is 463 g/mol. The second-order valence-electron chi connectivity index (χ2n) is 8.36. The number of aryl methyl sites for hydroxylation is 1. The Labute approximate surface area is 191 Å². The molecular weight excluding hydrogens is 440 g/mol. The van der Waals surface area contributed by atoms with Crippen LogP contribution < -0.4 is 0 Å². The fourth-order valence-electron chi connectivity index (χ4n) is 4.21. The van der Waals surface area contributed by atoms with Crippen molar-refractivity contribution in [3.8, 4) is 0 Å². The quantitative estimate of drug-likeness (QED) is 0.391. The third-order valence-corrected chi connectivity index (χ3v) is 8.68. The van der Waals surface area contributed by atoms with Gasteiger partial charge in [-0.3, -0.25) is 9.78 Å². The number of aromatic nitrogens is 2. The largest absolute Gasteiger partial charge is 0.299 e. The molecule has 0 amide bonds. The van der Waals surface area contributed by atoms with Gasteiger partial charge in [0.05, 0.1) is 4.90 Å². The molecule has 0 unspecified atom stereocenters. The van der Waals surface area contributed by atoms with E-state index in [1.807, 2.05) is 43.6 Å². The molecule has 32 heavy (non-hydrogen) atoms. The lowest BCUT2D eigenvalue weighted by Gasteiger charge is -2.06. The van der Waals surface area contributed by atoms with Crippen molar-refractivity contribution in [3.05, 3.63) is 88.1 Å². The van der Waals surface area contributed by atoms with Crippen LogP contribution in [-0.4, -0.2) is 24.2 Å². The summed E-state index contributed by atoms with van der Waals surface area (Å²) in [5.74, 6) is 0.323. The summed E-state index contributed by atoms with van der Waals surface area (Å²) in [5, 5.41) is 4.57. The van der Waals surface area contributed by atoms with Crippen LogP contribution in [0.3, 0.4) is 0 Å². The standard InChI is InChI=1S/C25H22N2O3S2/c1-16-13-26-14-19-3-2-17(10-21(16)19)11-24(28)23-12-22(23)18-4-6-20(7-5-18)32(29,30)15-25-27-8-9-31-25/h2-10,13-14,22-23H,11-12,15H2,1H3/t22-,23+/m0/s1. The first-order chi connectivity index (χ1) is 15.4. The summed E-state index contributed by atoms with van der Waals surface area (Å²) in [7, 11) is -3.42. The minimum atomic E-state index is -3.42. The Morgan fingerprint density at radius 1 is 1.12 bits per heavy atom. The Balaban J connectivity index is 1.25. The molecule has 0 saturated heterocycles. The van der Waals surface area contributed by atoms with Gasteiger partial charge in [-0.15, -0.1) is 11.3 Å². The third kappa shape index (κ3) is 4.23. The predicted molar refractivity (Wildman–Crippen MR) is 125 cm³/mol. The van der Waals surface area contributed by atoms with E-state index in [1.165, 1.54) is 11.3 Å². The van der Waals surface area contributed by atoms with Gasteiger partial charge in [0.25, 0.3) is 0 Å². The van der Waals surface area contributed by atoms with E-state index in [9.17, 15) is 13.2 Å². The summed E-state index contributed by atoms with van der Waals surface area (Å²) in [5.41, 5.74) is 3.15. The number of hydrogen-bond donors (Lipinski definition) is 0. The average Bonchev–Trinajstić information content (AvgIpc) is 3.44. The number of rotatable bonds is 7. The summed E-state index contributed by atoms with van der Waals surface area (Å²) in [6.07, 6.45) is 6.52. The zero-order valence-corrected chi connectivity index (χ0v) is 19.2. The minimum absolute atomic E-state index is 0.00186. The molecule has 2 aromatic heterocycles. The molecular formula is C25H22N2O3S2. The van der Waals surface area contributed by atoms with Crippen LogP contribution in [0.4, 0.5) is 0 Å². The first kappa shape index (κ1) is 21.0. The fourth-order valence-corrected chi connectivity index (χ4v) is 6.47. The van der Waals surface area contributed by atoms with E-state index in [0.29, 0.717) is 16.3 Å². The molecule has 7 heteroatoms. The van der Waals surface area contributed by atoms with Crippen LogP contribution in [0.1, 0.15) is 34.0 Å². The van der Waals surface area contributed by atoms with E-state index in [0.717, 1.165) is 33.9 Å². The molecule has 1 aliphatic rings. The molecule has 1 aliphatic carbocycles. The van der Waals surface area contributed by atoms with Crippen molar-refractivity contribution in [3.63, 3.8) is 0 Å². The summed E-state index contributed by atoms with van der Waals surface area (Å²) in [6, 6.07) is 13.1. The van der Waals surface area contributed by atoms with Gasteiger partial charge in [-0.1, -0.05) is 30.3 Å². The van der Waals surface area contributed by atoms with E-state index in [1.54, 1.807) is 23.7 Å². The van der Waals surface area contributed by atoms with E-state index >= 15 is 0 Å². The number of sulfone groups is 1. The molecule has 1 fully saturated rings. The monoisotopic (exact) mass is 462 g/mol. The minimum Gasteiger partial charge on any atom is -0.299 e. The first-order valence-electron chi connectivity index (χ1n) is 10.5. The number of carbonyl (C=O) groups excluding carboxylic acids is 1. The smallest absolute Gasteiger partial charge is 0.184 e. The van der Waals surface area contributed by atoms with Gasteiger partial charge >= 0.3 is 0 Å². The molecule has 5 rings (SSSR count). The lowest BCUT2D eigenvalue weighted by Crippen LogP contribution is -2.07. The van der Waals surface area contributed by atoms with Crippen molar-refractivity contribution in [1.29, 1.82) is 0 Å². The van der Waals surface area contributed by atoms with Gasteiger partial charge in [0.2, 0.25) is 0 Å². The number of ketones is 1. The number of Topliss-reactive ketones (excluding diaryl/α,β-unsaturated/α-hetero) is 1. The number of pyridine rings is 1. The van der Waals surface area contributed by atoms with Crippen molar-refractivity contribution in [1.82, 2.24) is 9.97 Å². The highest BCUT2D eigenvalue weighted by molar-refractivity contribution is 7.90. The van der Waals surface area contributed by atoms with Gasteiger partial charge in [-0.25, -0.2) is 13.4 Å². The fraction of sp³-hybridized carbons (Fsp3) is 0.240. The van der Waals surface area contributed by atoms with E-state index in [-0.39, 0.29) is 23.4 Å². The summed E-state index contributed by atoms with van der Waals surface area (Å²) in [4.78, 5) is 21.4. The highest BCUT2D eigenvalue weighted by Crippen LogP contribution is 2.48. The highest BCUT2D eigenvalue weighted by Gasteiger charge is 2.43. The first-order valence-corrected chi connectivity index (χ1v) is 13.0. The van der Waals surface area contributed by atoms with Crippen LogP contribution in [0.25, 0.3) is 10.8 Å². The molecule has 4 aromatic rings. The van der Waals surface area contributed by atoms with Crippen molar-refractivity contribution in [2.45, 2.75) is 36.3 Å². The van der Waals surface area contributed by atoms with Crippen molar-refractivity contribution < 1.29 is 13.2 Å². The topological polar surface area (TPSA) is 77.0 Å². The van der Waals surface area contributed by atoms with E-state index in [2.05, 4.69) is 16.0 Å². The normalized spacial score (nSPS) is 18.0. The maximum atomic E-state index is 12.9. The molecule has 5 nitrogen and oxygen atoms in total. The number of benzene rings is 2. The third-order valence-electron chi connectivity index (χ3n) is 6.07.